The maximum absolute atomic E-state index is 14.3. The van der Waals surface area contributed by atoms with Gasteiger partial charge in [-0.25, -0.2) is 0 Å². The molecule has 2 aromatic rings. The van der Waals surface area contributed by atoms with Crippen LogP contribution < -0.4 is 10.6 Å². The van der Waals surface area contributed by atoms with Crippen LogP contribution in [0.15, 0.2) is 60.7 Å². The van der Waals surface area contributed by atoms with Crippen LogP contribution in [-0.4, -0.2) is 63.5 Å². The third-order valence-corrected chi connectivity index (χ3v) is 9.21. The zero-order valence-electron chi connectivity index (χ0n) is 22.1. The van der Waals surface area contributed by atoms with Crippen molar-refractivity contribution < 1.29 is 24.2 Å². The Balaban J connectivity index is 1.48. The smallest absolute Gasteiger partial charge is 0.245 e. The Morgan fingerprint density at radius 3 is 2.44 bits per heavy atom. The molecule has 3 saturated heterocycles. The van der Waals surface area contributed by atoms with Gasteiger partial charge in [-0.05, 0) is 24.0 Å². The number of halogens is 1. The SMILES string of the molecule is CCCCCNC(=O)C1N([C@H](CO)c2ccccc2)C(=O)[C@@H]2[C@H](C(=O)NCc3ccccc3)[C@H]3OC12CC3Br. The van der Waals surface area contributed by atoms with Crippen molar-refractivity contribution in [1.29, 1.82) is 0 Å². The second-order valence-electron chi connectivity index (χ2n) is 10.7. The Labute approximate surface area is 237 Å². The molecule has 1 spiro atoms. The quantitative estimate of drug-likeness (QED) is 0.272. The van der Waals surface area contributed by atoms with E-state index in [1.165, 1.54) is 4.90 Å². The Morgan fingerprint density at radius 2 is 1.77 bits per heavy atom. The van der Waals surface area contributed by atoms with Crippen molar-refractivity contribution >= 4 is 33.7 Å². The average molecular weight is 599 g/mol. The number of aliphatic hydroxyl groups is 1. The molecule has 208 valence electrons. The van der Waals surface area contributed by atoms with Crippen LogP contribution in [0.25, 0.3) is 0 Å². The van der Waals surface area contributed by atoms with Gasteiger partial charge in [0.1, 0.15) is 11.6 Å². The Bertz CT molecular complexity index is 1180. The van der Waals surface area contributed by atoms with Gasteiger partial charge in [-0.15, -0.1) is 0 Å². The first-order valence-corrected chi connectivity index (χ1v) is 14.7. The molecule has 8 nitrogen and oxygen atoms in total. The van der Waals surface area contributed by atoms with E-state index in [-0.39, 0.29) is 29.2 Å². The highest BCUT2D eigenvalue weighted by Crippen LogP contribution is 2.61. The summed E-state index contributed by atoms with van der Waals surface area (Å²) in [6, 6.07) is 17.1. The minimum atomic E-state index is -1.16. The van der Waals surface area contributed by atoms with Gasteiger partial charge in [-0.3, -0.25) is 14.4 Å². The number of amides is 3. The third-order valence-electron chi connectivity index (χ3n) is 8.36. The molecule has 3 heterocycles. The molecular weight excluding hydrogens is 562 g/mol. The van der Waals surface area contributed by atoms with Crippen LogP contribution in [0.5, 0.6) is 0 Å². The fraction of sp³-hybridized carbons (Fsp3) is 0.500. The summed E-state index contributed by atoms with van der Waals surface area (Å²) in [6.07, 6.45) is 2.73. The van der Waals surface area contributed by atoms with Crippen LogP contribution in [0.4, 0.5) is 0 Å². The number of unbranched alkanes of at least 4 members (excludes halogenated alkanes) is 2. The summed E-state index contributed by atoms with van der Waals surface area (Å²) < 4.78 is 6.56. The summed E-state index contributed by atoms with van der Waals surface area (Å²) in [5.41, 5.74) is 0.513. The van der Waals surface area contributed by atoms with E-state index in [0.717, 1.165) is 30.4 Å². The lowest BCUT2D eigenvalue weighted by Crippen LogP contribution is -2.56. The highest BCUT2D eigenvalue weighted by Gasteiger charge is 2.77. The first-order chi connectivity index (χ1) is 18.9. The van der Waals surface area contributed by atoms with E-state index < -0.39 is 35.6 Å². The van der Waals surface area contributed by atoms with E-state index in [1.54, 1.807) is 0 Å². The Kier molecular flexibility index (Phi) is 8.40. The molecule has 7 atom stereocenters. The van der Waals surface area contributed by atoms with Crippen molar-refractivity contribution in [1.82, 2.24) is 15.5 Å². The average Bonchev–Trinajstić information content (AvgIpc) is 3.55. The van der Waals surface area contributed by atoms with E-state index >= 15 is 0 Å². The summed E-state index contributed by atoms with van der Waals surface area (Å²) in [6.45, 7) is 2.56. The number of carbonyl (C=O) groups is 3. The molecule has 5 rings (SSSR count). The highest BCUT2D eigenvalue weighted by atomic mass is 79.9. The number of likely N-dealkylation sites (tertiary alicyclic amines) is 1. The van der Waals surface area contributed by atoms with Crippen molar-refractivity contribution in [3.05, 3.63) is 71.8 Å². The summed E-state index contributed by atoms with van der Waals surface area (Å²) in [5, 5.41) is 16.5. The van der Waals surface area contributed by atoms with E-state index in [4.69, 9.17) is 4.74 Å². The first kappa shape index (κ1) is 27.8. The lowest BCUT2D eigenvalue weighted by atomic mass is 9.70. The minimum Gasteiger partial charge on any atom is -0.394 e. The van der Waals surface area contributed by atoms with Gasteiger partial charge in [0, 0.05) is 17.9 Å². The lowest BCUT2D eigenvalue weighted by Gasteiger charge is -2.37. The van der Waals surface area contributed by atoms with E-state index in [0.29, 0.717) is 19.5 Å². The number of benzene rings is 2. The van der Waals surface area contributed by atoms with Crippen molar-refractivity contribution in [2.75, 3.05) is 13.2 Å². The van der Waals surface area contributed by atoms with Gasteiger partial charge in [-0.1, -0.05) is 96.4 Å². The predicted molar refractivity (Wildman–Crippen MR) is 150 cm³/mol. The van der Waals surface area contributed by atoms with Crippen molar-refractivity contribution in [3.63, 3.8) is 0 Å². The zero-order chi connectivity index (χ0) is 27.6. The normalized spacial score (nSPS) is 29.8. The second kappa shape index (κ2) is 11.8. The van der Waals surface area contributed by atoms with Crippen LogP contribution in [-0.2, 0) is 25.7 Å². The molecule has 39 heavy (non-hydrogen) atoms. The first-order valence-electron chi connectivity index (χ1n) is 13.8. The molecule has 0 aromatic heterocycles. The molecule has 2 aromatic carbocycles. The monoisotopic (exact) mass is 597 g/mol. The summed E-state index contributed by atoms with van der Waals surface area (Å²) in [5.74, 6) is -2.47. The predicted octanol–water partition coefficient (Wildman–Crippen LogP) is 3.09. The number of nitrogens with one attached hydrogen (secondary N) is 2. The van der Waals surface area contributed by atoms with Gasteiger partial charge in [-0.2, -0.15) is 0 Å². The molecule has 3 N–H and O–H groups in total. The molecule has 3 unspecified atom stereocenters. The molecule has 3 fully saturated rings. The van der Waals surface area contributed by atoms with Crippen LogP contribution in [0.1, 0.15) is 49.8 Å². The maximum Gasteiger partial charge on any atom is 0.245 e. The van der Waals surface area contributed by atoms with Crippen LogP contribution in [0, 0.1) is 11.8 Å². The molecule has 9 heteroatoms. The second-order valence-corrected chi connectivity index (χ2v) is 11.9. The third kappa shape index (κ3) is 5.00. The number of alkyl halides is 1. The molecule has 0 radical (unpaired) electrons. The van der Waals surface area contributed by atoms with Crippen LogP contribution in [0.3, 0.4) is 0 Å². The van der Waals surface area contributed by atoms with E-state index in [9.17, 15) is 19.5 Å². The van der Waals surface area contributed by atoms with Crippen LogP contribution >= 0.6 is 15.9 Å². The molecule has 3 aliphatic rings. The Morgan fingerprint density at radius 1 is 1.08 bits per heavy atom. The number of rotatable bonds is 11. The molecule has 3 amide bonds. The number of nitrogens with zero attached hydrogens (tertiary/aromatic N) is 1. The van der Waals surface area contributed by atoms with Crippen molar-refractivity contribution in [2.45, 2.75) is 67.8 Å². The topological polar surface area (TPSA) is 108 Å². The maximum atomic E-state index is 14.3. The fourth-order valence-corrected chi connectivity index (χ4v) is 7.56. The Hall–Kier alpha value is -2.75. The fourth-order valence-electron chi connectivity index (χ4n) is 6.62. The lowest BCUT2D eigenvalue weighted by molar-refractivity contribution is -0.145. The molecule has 2 bridgehead atoms. The van der Waals surface area contributed by atoms with Gasteiger partial charge >= 0.3 is 0 Å². The van der Waals surface area contributed by atoms with E-state index in [2.05, 4.69) is 33.5 Å². The molecule has 3 aliphatic heterocycles. The van der Waals surface area contributed by atoms with Crippen molar-refractivity contribution in [3.8, 4) is 0 Å². The van der Waals surface area contributed by atoms with Gasteiger partial charge in [0.05, 0.1) is 30.6 Å². The zero-order valence-corrected chi connectivity index (χ0v) is 23.7. The summed E-state index contributed by atoms with van der Waals surface area (Å²) >= 11 is 3.70. The number of fused-ring (bicyclic) bond motifs is 1. The van der Waals surface area contributed by atoms with E-state index in [1.807, 2.05) is 60.7 Å². The largest absolute Gasteiger partial charge is 0.394 e. The number of ether oxygens (including phenoxy) is 1. The number of hydrogen-bond acceptors (Lipinski definition) is 5. The van der Waals surface area contributed by atoms with Gasteiger partial charge in [0.2, 0.25) is 17.7 Å². The molecule has 0 aliphatic carbocycles. The summed E-state index contributed by atoms with van der Waals surface area (Å²) in [7, 11) is 0. The van der Waals surface area contributed by atoms with Crippen molar-refractivity contribution in [2.24, 2.45) is 11.8 Å². The standard InChI is InChI=1S/C30H36BrN3O5/c1-2-3-10-15-32-28(37)26-30-16-21(31)25(39-30)23(27(36)33-17-19-11-6-4-7-12-19)24(30)29(38)34(26)22(18-35)20-13-8-5-9-14-20/h4-9,11-14,21-26,35H,2-3,10,15-18H2,1H3,(H,32,37)(H,33,36)/t21?,22-,23+,24+,25+,26?,30?/m1/s1. The highest BCUT2D eigenvalue weighted by molar-refractivity contribution is 9.09. The van der Waals surface area contributed by atoms with Gasteiger partial charge in [0.15, 0.2) is 0 Å². The summed E-state index contributed by atoms with van der Waals surface area (Å²) in [4.78, 5) is 43.1. The molecular formula is C30H36BrN3O5. The van der Waals surface area contributed by atoms with Gasteiger partial charge < -0.3 is 25.4 Å². The molecule has 0 saturated carbocycles. The number of aliphatic hydroxyl groups excluding tert-OH is 1. The van der Waals surface area contributed by atoms with Crippen LogP contribution in [0.2, 0.25) is 0 Å². The van der Waals surface area contributed by atoms with Gasteiger partial charge in [0.25, 0.3) is 0 Å². The number of hydrogen-bond donors (Lipinski definition) is 3. The number of carbonyl (C=O) groups excluding carboxylic acids is 3. The minimum absolute atomic E-state index is 0.186.